The van der Waals surface area contributed by atoms with Crippen LogP contribution in [0.5, 0.6) is 0 Å². The molecular formula is C11H21NO4S. The van der Waals surface area contributed by atoms with Crippen molar-refractivity contribution in [3.63, 3.8) is 0 Å². The lowest BCUT2D eigenvalue weighted by Gasteiger charge is -1.94. The molecule has 6 heteroatoms. The summed E-state index contributed by atoms with van der Waals surface area (Å²) >= 11 is 0. The summed E-state index contributed by atoms with van der Waals surface area (Å²) in [6.07, 6.45) is 0.343. The van der Waals surface area contributed by atoms with Crippen molar-refractivity contribution in [1.29, 1.82) is 0 Å². The van der Waals surface area contributed by atoms with Gasteiger partial charge in [-0.05, 0) is 13.5 Å². The van der Waals surface area contributed by atoms with Crippen LogP contribution in [0.4, 0.5) is 0 Å². The molecule has 0 radical (unpaired) electrons. The van der Waals surface area contributed by atoms with Gasteiger partial charge in [0.15, 0.2) is 0 Å². The van der Waals surface area contributed by atoms with Crippen LogP contribution in [-0.2, 0) is 14.9 Å². The Labute approximate surface area is 103 Å². The van der Waals surface area contributed by atoms with Gasteiger partial charge in [-0.1, -0.05) is 36.4 Å². The average molecular weight is 263 g/mol. The molecule has 0 unspecified atom stereocenters. The number of nitrogens with two attached hydrogens (primary N) is 1. The lowest BCUT2D eigenvalue weighted by atomic mass is 10.4. The highest BCUT2D eigenvalue weighted by Gasteiger charge is 2.01. The molecule has 0 bridgehead atoms. The van der Waals surface area contributed by atoms with Crippen molar-refractivity contribution in [2.45, 2.75) is 6.42 Å². The Morgan fingerprint density at radius 3 is 1.65 bits per heavy atom. The highest BCUT2D eigenvalue weighted by atomic mass is 32.2. The van der Waals surface area contributed by atoms with Gasteiger partial charge in [0.1, 0.15) is 0 Å². The van der Waals surface area contributed by atoms with Crippen LogP contribution in [-0.4, -0.2) is 39.5 Å². The third-order valence-corrected chi connectivity index (χ3v) is 2.22. The Kier molecular flexibility index (Phi) is 14.2. The van der Waals surface area contributed by atoms with E-state index < -0.39 is 10.1 Å². The lowest BCUT2D eigenvalue weighted by molar-refractivity contribution is 0.199. The van der Waals surface area contributed by atoms with E-state index in [-0.39, 0.29) is 5.75 Å². The van der Waals surface area contributed by atoms with Crippen molar-refractivity contribution in [3.05, 3.63) is 36.4 Å². The van der Waals surface area contributed by atoms with Crippen LogP contribution >= 0.6 is 0 Å². The molecule has 0 fully saturated rings. The predicted molar refractivity (Wildman–Crippen MR) is 69.5 cm³/mol. The number of benzene rings is 1. The van der Waals surface area contributed by atoms with E-state index in [0.29, 0.717) is 13.0 Å². The number of methoxy groups -OCH3 is 1. The van der Waals surface area contributed by atoms with E-state index in [0.717, 1.165) is 0 Å². The molecule has 0 saturated heterocycles. The molecule has 1 rings (SSSR count). The smallest absolute Gasteiger partial charge is 0.264 e. The first-order valence-corrected chi connectivity index (χ1v) is 6.69. The second kappa shape index (κ2) is 13.1. The summed E-state index contributed by atoms with van der Waals surface area (Å²) in [6, 6.07) is 12.0. The molecule has 1 aromatic carbocycles. The fourth-order valence-corrected chi connectivity index (χ4v) is 1.25. The maximum Gasteiger partial charge on any atom is 0.264 e. The van der Waals surface area contributed by atoms with Crippen molar-refractivity contribution in [2.75, 3.05) is 26.5 Å². The topological polar surface area (TPSA) is 89.6 Å². The average Bonchev–Trinajstić information content (AvgIpc) is 2.33. The van der Waals surface area contributed by atoms with Gasteiger partial charge in [-0.2, -0.15) is 8.42 Å². The Morgan fingerprint density at radius 2 is 1.41 bits per heavy atom. The van der Waals surface area contributed by atoms with E-state index in [1.54, 1.807) is 0 Å². The Balaban J connectivity index is 0. The summed E-state index contributed by atoms with van der Waals surface area (Å²) in [5, 5.41) is 0. The van der Waals surface area contributed by atoms with Crippen LogP contribution in [0.1, 0.15) is 6.42 Å². The predicted octanol–water partition coefficient (Wildman–Crippen LogP) is 1.17. The molecule has 0 saturated carbocycles. The van der Waals surface area contributed by atoms with Crippen LogP contribution in [0.3, 0.4) is 0 Å². The van der Waals surface area contributed by atoms with E-state index in [2.05, 4.69) is 10.5 Å². The van der Waals surface area contributed by atoms with Crippen LogP contribution in [0.25, 0.3) is 0 Å². The molecular weight excluding hydrogens is 242 g/mol. The van der Waals surface area contributed by atoms with Crippen molar-refractivity contribution in [1.82, 2.24) is 0 Å². The van der Waals surface area contributed by atoms with Gasteiger partial charge in [0, 0.05) is 13.7 Å². The second-order valence-electron chi connectivity index (χ2n) is 2.79. The molecule has 0 aliphatic heterocycles. The van der Waals surface area contributed by atoms with E-state index in [9.17, 15) is 8.42 Å². The molecule has 5 nitrogen and oxygen atoms in total. The van der Waals surface area contributed by atoms with Crippen LogP contribution in [0.2, 0.25) is 0 Å². The van der Waals surface area contributed by atoms with Crippen LogP contribution < -0.4 is 5.73 Å². The molecule has 0 aromatic heterocycles. The SMILES string of the molecule is CN.COCCCS(=O)(=O)O.c1ccccc1. The standard InChI is InChI=1S/C6H6.C4H10O4S.CH5N/c1-2-4-6-5-3-1;1-8-3-2-4-9(5,6)7;1-2/h1-6H;2-4H2,1H3,(H,5,6,7);2H2,1H3. The highest BCUT2D eigenvalue weighted by Crippen LogP contribution is 1.87. The molecule has 0 aliphatic carbocycles. The summed E-state index contributed by atoms with van der Waals surface area (Å²) in [7, 11) is -0.800. The van der Waals surface area contributed by atoms with Crippen molar-refractivity contribution < 1.29 is 17.7 Å². The van der Waals surface area contributed by atoms with Gasteiger partial charge in [-0.15, -0.1) is 0 Å². The third kappa shape index (κ3) is 21.0. The van der Waals surface area contributed by atoms with E-state index >= 15 is 0 Å². The number of hydrogen-bond donors (Lipinski definition) is 2. The van der Waals surface area contributed by atoms with Gasteiger partial charge >= 0.3 is 0 Å². The first-order chi connectivity index (χ1) is 8.06. The Morgan fingerprint density at radius 1 is 1.06 bits per heavy atom. The lowest BCUT2D eigenvalue weighted by Crippen LogP contribution is -2.05. The zero-order valence-electron chi connectivity index (χ0n) is 10.2. The summed E-state index contributed by atoms with van der Waals surface area (Å²) in [5.74, 6) is -0.221. The molecule has 0 atom stereocenters. The second-order valence-corrected chi connectivity index (χ2v) is 4.36. The molecule has 0 heterocycles. The number of rotatable bonds is 4. The first kappa shape index (κ1) is 18.4. The molecule has 1 aromatic rings. The summed E-state index contributed by atoms with van der Waals surface area (Å²) in [5.41, 5.74) is 4.50. The van der Waals surface area contributed by atoms with Gasteiger partial charge in [-0.3, -0.25) is 4.55 Å². The van der Waals surface area contributed by atoms with Gasteiger partial charge in [-0.25, -0.2) is 0 Å². The van der Waals surface area contributed by atoms with Gasteiger partial charge in [0.2, 0.25) is 0 Å². The van der Waals surface area contributed by atoms with E-state index in [1.807, 2.05) is 36.4 Å². The fraction of sp³-hybridized carbons (Fsp3) is 0.455. The summed E-state index contributed by atoms with van der Waals surface area (Å²) in [4.78, 5) is 0. The molecule has 0 spiro atoms. The molecule has 17 heavy (non-hydrogen) atoms. The molecule has 3 N–H and O–H groups in total. The first-order valence-electron chi connectivity index (χ1n) is 5.08. The maximum absolute atomic E-state index is 10.0. The monoisotopic (exact) mass is 263 g/mol. The zero-order chi connectivity index (χ0) is 13.6. The Bertz CT molecular complexity index is 300. The minimum absolute atomic E-state index is 0.221. The van der Waals surface area contributed by atoms with Crippen molar-refractivity contribution in [3.8, 4) is 0 Å². The van der Waals surface area contributed by atoms with Gasteiger partial charge < -0.3 is 10.5 Å². The molecule has 100 valence electrons. The highest BCUT2D eigenvalue weighted by molar-refractivity contribution is 7.85. The summed E-state index contributed by atoms with van der Waals surface area (Å²) in [6.45, 7) is 0.361. The van der Waals surface area contributed by atoms with Gasteiger partial charge in [0.25, 0.3) is 10.1 Å². The number of ether oxygens (including phenoxy) is 1. The largest absolute Gasteiger partial charge is 0.385 e. The minimum Gasteiger partial charge on any atom is -0.385 e. The van der Waals surface area contributed by atoms with Crippen LogP contribution in [0, 0.1) is 0 Å². The third-order valence-electron chi connectivity index (χ3n) is 1.42. The van der Waals surface area contributed by atoms with Crippen molar-refractivity contribution in [2.24, 2.45) is 5.73 Å². The fourth-order valence-electron chi connectivity index (χ4n) is 0.771. The normalized spacial score (nSPS) is 9.41. The quantitative estimate of drug-likeness (QED) is 0.628. The number of hydrogen-bond acceptors (Lipinski definition) is 4. The van der Waals surface area contributed by atoms with Crippen LogP contribution in [0.15, 0.2) is 36.4 Å². The molecule has 0 amide bonds. The minimum atomic E-state index is -3.78. The van der Waals surface area contributed by atoms with E-state index in [1.165, 1.54) is 14.2 Å². The summed E-state index contributed by atoms with van der Waals surface area (Å²) < 4.78 is 32.7. The maximum atomic E-state index is 10.0. The zero-order valence-corrected chi connectivity index (χ0v) is 11.1. The Hall–Kier alpha value is -0.950. The van der Waals surface area contributed by atoms with Gasteiger partial charge in [0.05, 0.1) is 5.75 Å². The van der Waals surface area contributed by atoms with Crippen molar-refractivity contribution >= 4 is 10.1 Å². The van der Waals surface area contributed by atoms with E-state index in [4.69, 9.17) is 4.55 Å². The molecule has 0 aliphatic rings.